The van der Waals surface area contributed by atoms with Gasteiger partial charge in [-0.1, -0.05) is 23.2 Å². The molecule has 0 aliphatic carbocycles. The van der Waals surface area contributed by atoms with Crippen LogP contribution in [0.5, 0.6) is 0 Å². The molecule has 1 N–H and O–H groups in total. The van der Waals surface area contributed by atoms with Crippen LogP contribution in [0, 0.1) is 5.82 Å². The molecule has 0 saturated heterocycles. The van der Waals surface area contributed by atoms with Gasteiger partial charge in [-0.15, -0.1) is 0 Å². The third-order valence-corrected chi connectivity index (χ3v) is 4.94. The molecule has 0 atom stereocenters. The number of hydrogen-bond donors (Lipinski definition) is 1. The van der Waals surface area contributed by atoms with Gasteiger partial charge in [0.25, 0.3) is 0 Å². The summed E-state index contributed by atoms with van der Waals surface area (Å²) in [6.45, 7) is 2.10. The Kier molecular flexibility index (Phi) is 7.07. The lowest BCUT2D eigenvalue weighted by atomic mass is 10.1. The number of halogens is 3. The van der Waals surface area contributed by atoms with Crippen molar-refractivity contribution in [3.8, 4) is 0 Å². The number of aromatic nitrogens is 1. The number of rotatable bonds is 7. The van der Waals surface area contributed by atoms with Crippen LogP contribution in [0.4, 0.5) is 10.1 Å². The molecule has 0 bridgehead atoms. The minimum atomic E-state index is -0.586. The Morgan fingerprint density at radius 1 is 1.07 bits per heavy atom. The Morgan fingerprint density at radius 3 is 2.50 bits per heavy atom. The van der Waals surface area contributed by atoms with Crippen molar-refractivity contribution in [1.82, 2.24) is 4.98 Å². The normalized spacial score (nSPS) is 10.7. The van der Waals surface area contributed by atoms with Gasteiger partial charge in [0, 0.05) is 18.1 Å². The Bertz CT molecular complexity index is 1090. The SMILES string of the molecule is CCOC(=O)c1cnc2c(Cl)c(Cl)ccc2c1NCCOC(=O)c1ccc(F)cc1. The van der Waals surface area contributed by atoms with Crippen molar-refractivity contribution >= 4 is 51.7 Å². The maximum Gasteiger partial charge on any atom is 0.341 e. The fourth-order valence-corrected chi connectivity index (χ4v) is 3.12. The second-order valence-corrected chi connectivity index (χ2v) is 6.88. The quantitative estimate of drug-likeness (QED) is 0.397. The zero-order chi connectivity index (χ0) is 21.7. The number of pyridine rings is 1. The number of carbonyl (C=O) groups is 2. The number of nitrogens with zero attached hydrogens (tertiary/aromatic N) is 1. The van der Waals surface area contributed by atoms with E-state index in [-0.39, 0.29) is 35.9 Å². The summed E-state index contributed by atoms with van der Waals surface area (Å²) in [5.41, 5.74) is 1.31. The molecule has 0 saturated carbocycles. The second kappa shape index (κ2) is 9.73. The van der Waals surface area contributed by atoms with Gasteiger partial charge in [-0.2, -0.15) is 0 Å². The minimum Gasteiger partial charge on any atom is -0.462 e. The van der Waals surface area contributed by atoms with Crippen LogP contribution < -0.4 is 5.32 Å². The highest BCUT2D eigenvalue weighted by Gasteiger charge is 2.19. The number of carbonyl (C=O) groups excluding carboxylic acids is 2. The van der Waals surface area contributed by atoms with Gasteiger partial charge < -0.3 is 14.8 Å². The Labute approximate surface area is 181 Å². The lowest BCUT2D eigenvalue weighted by Crippen LogP contribution is -2.17. The average molecular weight is 451 g/mol. The van der Waals surface area contributed by atoms with Gasteiger partial charge in [-0.25, -0.2) is 14.0 Å². The maximum absolute atomic E-state index is 13.0. The summed E-state index contributed by atoms with van der Waals surface area (Å²) in [6, 6.07) is 8.32. The van der Waals surface area contributed by atoms with Crippen LogP contribution in [-0.2, 0) is 9.47 Å². The van der Waals surface area contributed by atoms with Crippen molar-refractivity contribution in [3.05, 3.63) is 69.6 Å². The van der Waals surface area contributed by atoms with Crippen LogP contribution in [0.2, 0.25) is 10.0 Å². The van der Waals surface area contributed by atoms with Gasteiger partial charge in [-0.3, -0.25) is 4.98 Å². The van der Waals surface area contributed by atoms with Crippen molar-refractivity contribution in [2.45, 2.75) is 6.92 Å². The average Bonchev–Trinajstić information content (AvgIpc) is 2.74. The van der Waals surface area contributed by atoms with Crippen LogP contribution in [0.25, 0.3) is 10.9 Å². The lowest BCUT2D eigenvalue weighted by molar-refractivity contribution is 0.0510. The van der Waals surface area contributed by atoms with E-state index in [0.717, 1.165) is 0 Å². The van der Waals surface area contributed by atoms with Crippen LogP contribution in [-0.4, -0.2) is 36.7 Å². The van der Waals surface area contributed by atoms with Gasteiger partial charge in [0.1, 0.15) is 18.0 Å². The highest BCUT2D eigenvalue weighted by Crippen LogP contribution is 2.34. The van der Waals surface area contributed by atoms with E-state index in [1.54, 1.807) is 19.1 Å². The van der Waals surface area contributed by atoms with Gasteiger partial charge in [0.15, 0.2) is 0 Å². The van der Waals surface area contributed by atoms with E-state index in [0.29, 0.717) is 21.6 Å². The first-order chi connectivity index (χ1) is 14.4. The van der Waals surface area contributed by atoms with Crippen LogP contribution >= 0.6 is 23.2 Å². The molecule has 156 valence electrons. The molecular weight excluding hydrogens is 434 g/mol. The van der Waals surface area contributed by atoms with Crippen molar-refractivity contribution in [1.29, 1.82) is 0 Å². The molecule has 0 fully saturated rings. The molecular formula is C21H17Cl2FN2O4. The number of esters is 2. The summed E-state index contributed by atoms with van der Waals surface area (Å²) in [4.78, 5) is 28.6. The molecule has 0 unspecified atom stereocenters. The van der Waals surface area contributed by atoms with Crippen LogP contribution in [0.1, 0.15) is 27.6 Å². The number of anilines is 1. The van der Waals surface area contributed by atoms with Crippen molar-refractivity contribution in [2.24, 2.45) is 0 Å². The zero-order valence-electron chi connectivity index (χ0n) is 15.9. The molecule has 3 rings (SSSR count). The topological polar surface area (TPSA) is 77.5 Å². The molecule has 0 aliphatic rings. The van der Waals surface area contributed by atoms with Gasteiger partial charge in [-0.05, 0) is 43.3 Å². The monoisotopic (exact) mass is 450 g/mol. The third kappa shape index (κ3) is 4.80. The van der Waals surface area contributed by atoms with Crippen LogP contribution in [0.3, 0.4) is 0 Å². The van der Waals surface area contributed by atoms with E-state index in [1.807, 2.05) is 0 Å². The smallest absolute Gasteiger partial charge is 0.341 e. The summed E-state index contributed by atoms with van der Waals surface area (Å²) < 4.78 is 23.2. The number of benzene rings is 2. The molecule has 0 aliphatic heterocycles. The van der Waals surface area contributed by atoms with E-state index in [1.165, 1.54) is 30.5 Å². The molecule has 6 nitrogen and oxygen atoms in total. The van der Waals surface area contributed by atoms with Crippen molar-refractivity contribution in [3.63, 3.8) is 0 Å². The molecule has 1 aromatic heterocycles. The first-order valence-electron chi connectivity index (χ1n) is 9.02. The first-order valence-corrected chi connectivity index (χ1v) is 9.78. The Hall–Kier alpha value is -2.90. The minimum absolute atomic E-state index is 0.00358. The summed E-state index contributed by atoms with van der Waals surface area (Å²) >= 11 is 12.3. The highest BCUT2D eigenvalue weighted by molar-refractivity contribution is 6.45. The van der Waals surface area contributed by atoms with E-state index in [4.69, 9.17) is 32.7 Å². The van der Waals surface area contributed by atoms with E-state index in [2.05, 4.69) is 10.3 Å². The molecule has 30 heavy (non-hydrogen) atoms. The lowest BCUT2D eigenvalue weighted by Gasteiger charge is -2.15. The van der Waals surface area contributed by atoms with E-state index >= 15 is 0 Å². The van der Waals surface area contributed by atoms with Gasteiger partial charge >= 0.3 is 11.9 Å². The molecule has 0 radical (unpaired) electrons. The molecule has 3 aromatic rings. The zero-order valence-corrected chi connectivity index (χ0v) is 17.4. The molecule has 9 heteroatoms. The second-order valence-electron chi connectivity index (χ2n) is 6.09. The maximum atomic E-state index is 13.0. The highest BCUT2D eigenvalue weighted by atomic mass is 35.5. The molecule has 0 spiro atoms. The standard InChI is InChI=1S/C21H17Cl2FN2O4/c1-2-29-21(28)15-11-26-19-14(7-8-16(22)17(19)23)18(15)25-9-10-30-20(27)12-3-5-13(24)6-4-12/h3-8,11H,2,9-10H2,1H3,(H,25,26). The number of fused-ring (bicyclic) bond motifs is 1. The number of ether oxygens (including phenoxy) is 2. The molecule has 0 amide bonds. The summed E-state index contributed by atoms with van der Waals surface area (Å²) in [6.07, 6.45) is 1.36. The van der Waals surface area contributed by atoms with Gasteiger partial charge in [0.2, 0.25) is 0 Å². The van der Waals surface area contributed by atoms with Crippen molar-refractivity contribution in [2.75, 3.05) is 25.1 Å². The molecule has 2 aromatic carbocycles. The Balaban J connectivity index is 1.78. The predicted molar refractivity (Wildman–Crippen MR) is 113 cm³/mol. The van der Waals surface area contributed by atoms with Crippen LogP contribution in [0.15, 0.2) is 42.6 Å². The van der Waals surface area contributed by atoms with E-state index in [9.17, 15) is 14.0 Å². The predicted octanol–water partition coefficient (Wildman–Crippen LogP) is 5.13. The van der Waals surface area contributed by atoms with Gasteiger partial charge in [0.05, 0.1) is 33.4 Å². The molecule has 1 heterocycles. The summed E-state index contributed by atoms with van der Waals surface area (Å²) in [7, 11) is 0. The largest absolute Gasteiger partial charge is 0.462 e. The fraction of sp³-hybridized carbons (Fsp3) is 0.190. The fourth-order valence-electron chi connectivity index (χ4n) is 2.75. The number of hydrogen-bond acceptors (Lipinski definition) is 6. The number of nitrogens with one attached hydrogen (secondary N) is 1. The summed E-state index contributed by atoms with van der Waals surface area (Å²) in [5.74, 6) is -1.58. The Morgan fingerprint density at radius 2 is 1.80 bits per heavy atom. The van der Waals surface area contributed by atoms with E-state index < -0.39 is 17.8 Å². The summed E-state index contributed by atoms with van der Waals surface area (Å²) in [5, 5.41) is 4.24. The third-order valence-electron chi connectivity index (χ3n) is 4.14. The first kappa shape index (κ1) is 21.8. The van der Waals surface area contributed by atoms with Crippen molar-refractivity contribution < 1.29 is 23.5 Å².